The van der Waals surface area contributed by atoms with Crippen LogP contribution in [0.1, 0.15) is 44.1 Å². The molecule has 0 spiro atoms. The zero-order valence-corrected chi connectivity index (χ0v) is 15.9. The molecular formula is C21H33N3O. The summed E-state index contributed by atoms with van der Waals surface area (Å²) in [4.78, 5) is 19.5. The van der Waals surface area contributed by atoms with Crippen LogP contribution in [0.25, 0.3) is 0 Å². The number of piperidine rings is 2. The summed E-state index contributed by atoms with van der Waals surface area (Å²) in [5, 5.41) is 0. The number of amides is 1. The van der Waals surface area contributed by atoms with Gasteiger partial charge in [0, 0.05) is 45.7 Å². The van der Waals surface area contributed by atoms with E-state index in [9.17, 15) is 4.79 Å². The molecule has 0 aromatic heterocycles. The standard InChI is InChI=1S/C21H33N3O/c1-22(2)20(25)17-21(24-13-7-4-8-14-24)11-15-23(16-12-21)18-19-9-5-3-6-10-19/h3,5-6,9-10H,4,7-8,11-18H2,1-2H3. The van der Waals surface area contributed by atoms with Crippen molar-refractivity contribution in [2.24, 2.45) is 0 Å². The number of likely N-dealkylation sites (tertiary alicyclic amines) is 2. The molecule has 2 aliphatic rings. The van der Waals surface area contributed by atoms with Gasteiger partial charge in [0.2, 0.25) is 5.91 Å². The molecule has 0 bridgehead atoms. The topological polar surface area (TPSA) is 26.8 Å². The molecule has 1 aromatic carbocycles. The predicted octanol–water partition coefficient (Wildman–Crippen LogP) is 2.99. The Bertz CT molecular complexity index is 544. The van der Waals surface area contributed by atoms with Crippen LogP contribution in [0.15, 0.2) is 30.3 Å². The Morgan fingerprint density at radius 1 is 1.00 bits per heavy atom. The maximum Gasteiger partial charge on any atom is 0.223 e. The second kappa shape index (κ2) is 8.33. The summed E-state index contributed by atoms with van der Waals surface area (Å²) in [5.74, 6) is 0.280. The normalized spacial score (nSPS) is 21.8. The summed E-state index contributed by atoms with van der Waals surface area (Å²) >= 11 is 0. The molecule has 0 saturated carbocycles. The van der Waals surface area contributed by atoms with Crippen molar-refractivity contribution in [1.29, 1.82) is 0 Å². The van der Waals surface area contributed by atoms with E-state index in [1.807, 2.05) is 14.1 Å². The molecule has 0 aliphatic carbocycles. The Balaban J connectivity index is 1.66. The summed E-state index contributed by atoms with van der Waals surface area (Å²) in [6, 6.07) is 10.7. The number of rotatable bonds is 5. The van der Waals surface area contributed by atoms with Gasteiger partial charge in [0.25, 0.3) is 0 Å². The Labute approximate surface area is 152 Å². The molecule has 2 heterocycles. The molecule has 25 heavy (non-hydrogen) atoms. The highest BCUT2D eigenvalue weighted by atomic mass is 16.2. The van der Waals surface area contributed by atoms with Gasteiger partial charge in [0.05, 0.1) is 0 Å². The minimum Gasteiger partial charge on any atom is -0.349 e. The minimum atomic E-state index is 0.0783. The van der Waals surface area contributed by atoms with Crippen molar-refractivity contribution >= 4 is 5.91 Å². The van der Waals surface area contributed by atoms with Gasteiger partial charge in [0.1, 0.15) is 0 Å². The number of hydrogen-bond acceptors (Lipinski definition) is 3. The van der Waals surface area contributed by atoms with E-state index in [1.54, 1.807) is 4.90 Å². The van der Waals surface area contributed by atoms with Crippen molar-refractivity contribution in [2.45, 2.75) is 50.6 Å². The van der Waals surface area contributed by atoms with Crippen LogP contribution in [0.3, 0.4) is 0 Å². The van der Waals surface area contributed by atoms with Gasteiger partial charge in [-0.15, -0.1) is 0 Å². The number of benzene rings is 1. The minimum absolute atomic E-state index is 0.0783. The average Bonchev–Trinajstić information content (AvgIpc) is 2.65. The monoisotopic (exact) mass is 343 g/mol. The molecule has 0 N–H and O–H groups in total. The zero-order valence-electron chi connectivity index (χ0n) is 15.9. The highest BCUT2D eigenvalue weighted by molar-refractivity contribution is 5.76. The molecule has 2 aliphatic heterocycles. The molecule has 138 valence electrons. The summed E-state index contributed by atoms with van der Waals surface area (Å²) in [6.45, 7) is 5.54. The van der Waals surface area contributed by atoms with Gasteiger partial charge in [0.15, 0.2) is 0 Å². The highest BCUT2D eigenvalue weighted by Gasteiger charge is 2.42. The van der Waals surface area contributed by atoms with E-state index in [1.165, 1.54) is 37.9 Å². The highest BCUT2D eigenvalue weighted by Crippen LogP contribution is 2.35. The van der Waals surface area contributed by atoms with Gasteiger partial charge in [-0.2, -0.15) is 0 Å². The summed E-state index contributed by atoms with van der Waals surface area (Å²) in [5.41, 5.74) is 1.46. The lowest BCUT2D eigenvalue weighted by atomic mass is 9.80. The van der Waals surface area contributed by atoms with Gasteiger partial charge >= 0.3 is 0 Å². The summed E-state index contributed by atoms with van der Waals surface area (Å²) < 4.78 is 0. The number of nitrogens with zero attached hydrogens (tertiary/aromatic N) is 3. The molecule has 0 unspecified atom stereocenters. The Morgan fingerprint density at radius 2 is 1.64 bits per heavy atom. The first-order chi connectivity index (χ1) is 12.1. The first-order valence-corrected chi connectivity index (χ1v) is 9.81. The molecule has 3 rings (SSSR count). The summed E-state index contributed by atoms with van der Waals surface area (Å²) in [6.07, 6.45) is 6.81. The fourth-order valence-electron chi connectivity index (χ4n) is 4.38. The maximum atomic E-state index is 12.5. The van der Waals surface area contributed by atoms with Gasteiger partial charge in [-0.1, -0.05) is 36.8 Å². The second-order valence-corrected chi connectivity index (χ2v) is 8.00. The predicted molar refractivity (Wildman–Crippen MR) is 102 cm³/mol. The van der Waals surface area contributed by atoms with E-state index >= 15 is 0 Å². The van der Waals surface area contributed by atoms with E-state index in [0.717, 1.165) is 32.5 Å². The molecule has 1 amide bonds. The molecule has 0 atom stereocenters. The third-order valence-corrected chi connectivity index (χ3v) is 6.04. The fraction of sp³-hybridized carbons (Fsp3) is 0.667. The van der Waals surface area contributed by atoms with Crippen LogP contribution in [0.2, 0.25) is 0 Å². The van der Waals surface area contributed by atoms with E-state index in [0.29, 0.717) is 6.42 Å². The number of carbonyl (C=O) groups excluding carboxylic acids is 1. The Morgan fingerprint density at radius 3 is 2.24 bits per heavy atom. The Kier molecular flexibility index (Phi) is 6.13. The Hall–Kier alpha value is -1.39. The summed E-state index contributed by atoms with van der Waals surface area (Å²) in [7, 11) is 3.77. The lowest BCUT2D eigenvalue weighted by Gasteiger charge is -2.50. The van der Waals surface area contributed by atoms with Gasteiger partial charge in [-0.05, 0) is 44.3 Å². The van der Waals surface area contributed by atoms with Crippen LogP contribution in [0.5, 0.6) is 0 Å². The van der Waals surface area contributed by atoms with Crippen LogP contribution in [0, 0.1) is 0 Å². The van der Waals surface area contributed by atoms with Crippen molar-refractivity contribution < 1.29 is 4.79 Å². The first-order valence-electron chi connectivity index (χ1n) is 9.81. The molecular weight excluding hydrogens is 310 g/mol. The van der Waals surface area contributed by atoms with Crippen molar-refractivity contribution in [1.82, 2.24) is 14.7 Å². The molecule has 4 nitrogen and oxygen atoms in total. The number of carbonyl (C=O) groups is 1. The van der Waals surface area contributed by atoms with E-state index in [-0.39, 0.29) is 11.4 Å². The van der Waals surface area contributed by atoms with E-state index < -0.39 is 0 Å². The van der Waals surface area contributed by atoms with Crippen LogP contribution in [-0.2, 0) is 11.3 Å². The largest absolute Gasteiger partial charge is 0.349 e. The van der Waals surface area contributed by atoms with Crippen molar-refractivity contribution in [3.8, 4) is 0 Å². The SMILES string of the molecule is CN(C)C(=O)CC1(N2CCCCC2)CCN(Cc2ccccc2)CC1. The van der Waals surface area contributed by atoms with Crippen LogP contribution < -0.4 is 0 Å². The average molecular weight is 344 g/mol. The van der Waals surface area contributed by atoms with Crippen molar-refractivity contribution in [3.05, 3.63) is 35.9 Å². The molecule has 0 radical (unpaired) electrons. The van der Waals surface area contributed by atoms with Crippen LogP contribution >= 0.6 is 0 Å². The third-order valence-electron chi connectivity index (χ3n) is 6.04. The maximum absolute atomic E-state index is 12.5. The van der Waals surface area contributed by atoms with Crippen LogP contribution in [-0.4, -0.2) is 66.4 Å². The molecule has 2 fully saturated rings. The zero-order chi connectivity index (χ0) is 17.7. The molecule has 2 saturated heterocycles. The smallest absolute Gasteiger partial charge is 0.223 e. The quantitative estimate of drug-likeness (QED) is 0.822. The van der Waals surface area contributed by atoms with Gasteiger partial charge in [-0.3, -0.25) is 14.6 Å². The fourth-order valence-corrected chi connectivity index (χ4v) is 4.38. The van der Waals surface area contributed by atoms with Gasteiger partial charge < -0.3 is 4.90 Å². The lowest BCUT2D eigenvalue weighted by Crippen LogP contribution is -2.58. The van der Waals surface area contributed by atoms with Crippen LogP contribution in [0.4, 0.5) is 0 Å². The number of hydrogen-bond donors (Lipinski definition) is 0. The van der Waals surface area contributed by atoms with Crippen molar-refractivity contribution in [3.63, 3.8) is 0 Å². The van der Waals surface area contributed by atoms with Gasteiger partial charge in [-0.25, -0.2) is 0 Å². The third kappa shape index (κ3) is 4.62. The van der Waals surface area contributed by atoms with E-state index in [4.69, 9.17) is 0 Å². The molecule has 1 aromatic rings. The van der Waals surface area contributed by atoms with E-state index in [2.05, 4.69) is 40.1 Å². The van der Waals surface area contributed by atoms with Crippen molar-refractivity contribution in [2.75, 3.05) is 40.3 Å². The second-order valence-electron chi connectivity index (χ2n) is 8.00. The lowest BCUT2D eigenvalue weighted by molar-refractivity contribution is -0.133. The molecule has 4 heteroatoms. The first kappa shape index (κ1) is 18.4.